The van der Waals surface area contributed by atoms with E-state index in [1.807, 2.05) is 37.3 Å². The number of fused-ring (bicyclic) bond motifs is 1. The van der Waals surface area contributed by atoms with Gasteiger partial charge in [-0.3, -0.25) is 0 Å². The number of furan rings is 1. The predicted molar refractivity (Wildman–Crippen MR) is 86.9 cm³/mol. The Morgan fingerprint density at radius 1 is 1.27 bits per heavy atom. The predicted octanol–water partition coefficient (Wildman–Crippen LogP) is 4.42. The molecule has 3 rings (SSSR count). The fourth-order valence-corrected chi connectivity index (χ4v) is 3.24. The molecule has 2 N–H and O–H groups in total. The molecule has 0 bridgehead atoms. The zero-order chi connectivity index (χ0) is 15.7. The quantitative estimate of drug-likeness (QED) is 0.862. The third kappa shape index (κ3) is 3.01. The molecule has 4 heteroatoms. The molecule has 0 saturated carbocycles. The lowest BCUT2D eigenvalue weighted by atomic mass is 9.74. The van der Waals surface area contributed by atoms with Gasteiger partial charge in [0.2, 0.25) is 0 Å². The molecule has 1 aromatic carbocycles. The van der Waals surface area contributed by atoms with Crippen LogP contribution in [0.15, 0.2) is 41.0 Å². The molecule has 2 amide bonds. The Hall–Kier alpha value is -2.23. The van der Waals surface area contributed by atoms with Gasteiger partial charge >= 0.3 is 6.03 Å². The number of carbonyl (C=O) groups excluding carboxylic acids is 1. The maximum atomic E-state index is 12.3. The van der Waals surface area contributed by atoms with Crippen LogP contribution in [-0.4, -0.2) is 6.03 Å². The van der Waals surface area contributed by atoms with Crippen LogP contribution in [0.4, 0.5) is 10.5 Å². The summed E-state index contributed by atoms with van der Waals surface area (Å²) in [5, 5.41) is 5.97. The van der Waals surface area contributed by atoms with Gasteiger partial charge in [-0.2, -0.15) is 0 Å². The van der Waals surface area contributed by atoms with Gasteiger partial charge in [-0.25, -0.2) is 4.79 Å². The molecule has 2 aromatic rings. The summed E-state index contributed by atoms with van der Waals surface area (Å²) in [5.74, 6) is 0.999. The summed E-state index contributed by atoms with van der Waals surface area (Å²) in [5.41, 5.74) is 3.15. The molecule has 0 radical (unpaired) electrons. The summed E-state index contributed by atoms with van der Waals surface area (Å²) in [6.07, 6.45) is 3.60. The van der Waals surface area contributed by atoms with E-state index >= 15 is 0 Å². The number of rotatable bonds is 2. The standard InChI is InChI=1S/C18H22N2O2/c1-12-11-22-15-10-18(2,3)9-14(16(12)15)20-17(21)19-13-7-5-4-6-8-13/h4-8,11,14H,9-10H2,1-3H3,(H2,19,20,21). The summed E-state index contributed by atoms with van der Waals surface area (Å²) in [6, 6.07) is 9.28. The summed E-state index contributed by atoms with van der Waals surface area (Å²) >= 11 is 0. The summed E-state index contributed by atoms with van der Waals surface area (Å²) in [7, 11) is 0. The van der Waals surface area contributed by atoms with E-state index in [0.717, 1.165) is 35.4 Å². The number of aryl methyl sites for hydroxylation is 1. The zero-order valence-corrected chi connectivity index (χ0v) is 13.3. The van der Waals surface area contributed by atoms with Gasteiger partial charge in [0.05, 0.1) is 12.3 Å². The van der Waals surface area contributed by atoms with Crippen molar-refractivity contribution in [3.05, 3.63) is 53.5 Å². The smallest absolute Gasteiger partial charge is 0.319 e. The van der Waals surface area contributed by atoms with Crippen molar-refractivity contribution in [1.82, 2.24) is 5.32 Å². The first kappa shape index (κ1) is 14.7. The van der Waals surface area contributed by atoms with Gasteiger partial charge in [-0.05, 0) is 36.5 Å². The zero-order valence-electron chi connectivity index (χ0n) is 13.3. The lowest BCUT2D eigenvalue weighted by Gasteiger charge is -2.35. The molecule has 1 aliphatic carbocycles. The monoisotopic (exact) mass is 298 g/mol. The number of anilines is 1. The molecule has 1 aliphatic rings. The molecule has 1 aromatic heterocycles. The summed E-state index contributed by atoms with van der Waals surface area (Å²) in [4.78, 5) is 12.3. The molecule has 0 aliphatic heterocycles. The van der Waals surface area contributed by atoms with Crippen LogP contribution in [0.1, 0.15) is 43.2 Å². The molecule has 1 atom stereocenters. The lowest BCUT2D eigenvalue weighted by molar-refractivity contribution is 0.222. The second kappa shape index (κ2) is 5.52. The van der Waals surface area contributed by atoms with E-state index in [-0.39, 0.29) is 17.5 Å². The van der Waals surface area contributed by atoms with E-state index in [9.17, 15) is 4.79 Å². The molecule has 116 valence electrons. The van der Waals surface area contributed by atoms with Crippen LogP contribution in [0.5, 0.6) is 0 Å². The highest BCUT2D eigenvalue weighted by Gasteiger charge is 2.36. The highest BCUT2D eigenvalue weighted by atomic mass is 16.3. The Balaban J connectivity index is 1.77. The molecule has 1 heterocycles. The van der Waals surface area contributed by atoms with Crippen molar-refractivity contribution in [3.63, 3.8) is 0 Å². The van der Waals surface area contributed by atoms with Crippen molar-refractivity contribution in [3.8, 4) is 0 Å². The van der Waals surface area contributed by atoms with Gasteiger partial charge in [-0.1, -0.05) is 32.0 Å². The van der Waals surface area contributed by atoms with Crippen LogP contribution < -0.4 is 10.6 Å². The van der Waals surface area contributed by atoms with Gasteiger partial charge in [0, 0.05) is 17.7 Å². The fraction of sp³-hybridized carbons (Fsp3) is 0.389. The Bertz CT molecular complexity index is 674. The van der Waals surface area contributed by atoms with Gasteiger partial charge < -0.3 is 15.1 Å². The fourth-order valence-electron chi connectivity index (χ4n) is 3.24. The first-order valence-electron chi connectivity index (χ1n) is 7.64. The third-order valence-electron chi connectivity index (χ3n) is 4.18. The topological polar surface area (TPSA) is 54.3 Å². The number of para-hydroxylation sites is 1. The molecule has 0 saturated heterocycles. The van der Waals surface area contributed by atoms with Crippen molar-refractivity contribution in [2.24, 2.45) is 5.41 Å². The second-order valence-electron chi connectivity index (χ2n) is 6.82. The van der Waals surface area contributed by atoms with Crippen molar-refractivity contribution < 1.29 is 9.21 Å². The molecule has 0 spiro atoms. The third-order valence-corrected chi connectivity index (χ3v) is 4.18. The highest BCUT2D eigenvalue weighted by Crippen LogP contribution is 2.42. The van der Waals surface area contributed by atoms with Crippen LogP contribution in [0.25, 0.3) is 0 Å². The first-order valence-corrected chi connectivity index (χ1v) is 7.64. The van der Waals surface area contributed by atoms with E-state index in [1.165, 1.54) is 0 Å². The highest BCUT2D eigenvalue weighted by molar-refractivity contribution is 5.89. The van der Waals surface area contributed by atoms with E-state index in [1.54, 1.807) is 6.26 Å². The molecule has 4 nitrogen and oxygen atoms in total. The average Bonchev–Trinajstić information content (AvgIpc) is 2.79. The minimum Gasteiger partial charge on any atom is -0.469 e. The van der Waals surface area contributed by atoms with Gasteiger partial charge in [0.25, 0.3) is 0 Å². The SMILES string of the molecule is Cc1coc2c1C(NC(=O)Nc1ccccc1)CC(C)(C)C2. The molecular weight excluding hydrogens is 276 g/mol. The van der Waals surface area contributed by atoms with Crippen LogP contribution in [0.3, 0.4) is 0 Å². The number of urea groups is 1. The van der Waals surface area contributed by atoms with Crippen molar-refractivity contribution in [2.75, 3.05) is 5.32 Å². The Kier molecular flexibility index (Phi) is 3.69. The van der Waals surface area contributed by atoms with Crippen molar-refractivity contribution >= 4 is 11.7 Å². The van der Waals surface area contributed by atoms with Crippen molar-refractivity contribution in [1.29, 1.82) is 0 Å². The van der Waals surface area contributed by atoms with E-state index in [4.69, 9.17) is 4.42 Å². The molecule has 22 heavy (non-hydrogen) atoms. The minimum atomic E-state index is -0.180. The number of hydrogen-bond donors (Lipinski definition) is 2. The number of amides is 2. The molecule has 1 unspecified atom stereocenters. The van der Waals surface area contributed by atoms with Gasteiger partial charge in [-0.15, -0.1) is 0 Å². The molecular formula is C18H22N2O2. The maximum absolute atomic E-state index is 12.3. The van der Waals surface area contributed by atoms with Crippen LogP contribution in [0, 0.1) is 12.3 Å². The average molecular weight is 298 g/mol. The minimum absolute atomic E-state index is 0.0128. The largest absolute Gasteiger partial charge is 0.469 e. The van der Waals surface area contributed by atoms with Crippen molar-refractivity contribution in [2.45, 2.75) is 39.7 Å². The maximum Gasteiger partial charge on any atom is 0.319 e. The summed E-state index contributed by atoms with van der Waals surface area (Å²) < 4.78 is 5.68. The number of carbonyl (C=O) groups is 1. The van der Waals surface area contributed by atoms with Crippen LogP contribution in [-0.2, 0) is 6.42 Å². The van der Waals surface area contributed by atoms with Gasteiger partial charge in [0.15, 0.2) is 0 Å². The first-order chi connectivity index (χ1) is 10.4. The van der Waals surface area contributed by atoms with E-state index in [2.05, 4.69) is 24.5 Å². The Labute approximate surface area is 130 Å². The lowest BCUT2D eigenvalue weighted by Crippen LogP contribution is -2.38. The summed E-state index contributed by atoms with van der Waals surface area (Å²) in [6.45, 7) is 6.44. The van der Waals surface area contributed by atoms with Crippen LogP contribution >= 0.6 is 0 Å². The van der Waals surface area contributed by atoms with Crippen LogP contribution in [0.2, 0.25) is 0 Å². The molecule has 0 fully saturated rings. The van der Waals surface area contributed by atoms with Gasteiger partial charge in [0.1, 0.15) is 5.76 Å². The second-order valence-corrected chi connectivity index (χ2v) is 6.82. The number of hydrogen-bond acceptors (Lipinski definition) is 2. The Morgan fingerprint density at radius 2 is 2.00 bits per heavy atom. The van der Waals surface area contributed by atoms with E-state index < -0.39 is 0 Å². The van der Waals surface area contributed by atoms with E-state index in [0.29, 0.717) is 0 Å². The number of nitrogens with one attached hydrogen (secondary N) is 2. The Morgan fingerprint density at radius 3 is 2.73 bits per heavy atom. The normalized spacial score (nSPS) is 19.3. The number of benzene rings is 1.